The van der Waals surface area contributed by atoms with E-state index in [1.807, 2.05) is 6.92 Å². The van der Waals surface area contributed by atoms with E-state index in [0.29, 0.717) is 13.0 Å². The van der Waals surface area contributed by atoms with Gasteiger partial charge in [-0.3, -0.25) is 19.8 Å². The summed E-state index contributed by atoms with van der Waals surface area (Å²) < 4.78 is 0. The van der Waals surface area contributed by atoms with Gasteiger partial charge in [0.15, 0.2) is 0 Å². The predicted molar refractivity (Wildman–Crippen MR) is 61.0 cm³/mol. The van der Waals surface area contributed by atoms with Crippen molar-refractivity contribution in [3.63, 3.8) is 0 Å². The fourth-order valence-corrected chi connectivity index (χ4v) is 2.77. The Labute approximate surface area is 101 Å². The summed E-state index contributed by atoms with van der Waals surface area (Å²) in [6, 6.07) is -0.559. The molecule has 94 valence electrons. The molecule has 0 aromatic carbocycles. The van der Waals surface area contributed by atoms with Crippen LogP contribution in [0.4, 0.5) is 4.79 Å². The van der Waals surface area contributed by atoms with Crippen molar-refractivity contribution in [2.45, 2.75) is 39.0 Å². The molecule has 1 N–H and O–H groups in total. The largest absolute Gasteiger partial charge is 0.330 e. The normalized spacial score (nSPS) is 26.5. The molecular weight excluding hydrogens is 220 g/mol. The summed E-state index contributed by atoms with van der Waals surface area (Å²) >= 11 is 0. The third-order valence-electron chi connectivity index (χ3n) is 3.61. The highest BCUT2D eigenvalue weighted by Gasteiger charge is 2.44. The fraction of sp³-hybridized carbons (Fsp3) is 0.750. The lowest BCUT2D eigenvalue weighted by molar-refractivity contribution is -0.145. The number of nitrogens with one attached hydrogen (secondary N) is 1. The summed E-state index contributed by atoms with van der Waals surface area (Å²) in [6.07, 6.45) is 4.69. The van der Waals surface area contributed by atoms with E-state index in [1.54, 1.807) is 0 Å². The number of carbonyl (C=O) groups excluding carboxylic acids is 3. The number of imide groups is 2. The van der Waals surface area contributed by atoms with E-state index in [9.17, 15) is 14.4 Å². The molecule has 5 heteroatoms. The zero-order valence-corrected chi connectivity index (χ0v) is 10.1. The minimum Gasteiger partial charge on any atom is -0.277 e. The first kappa shape index (κ1) is 12.1. The van der Waals surface area contributed by atoms with Crippen LogP contribution in [0.5, 0.6) is 0 Å². The molecule has 0 spiro atoms. The van der Waals surface area contributed by atoms with Crippen molar-refractivity contribution in [2.24, 2.45) is 11.8 Å². The van der Waals surface area contributed by atoms with Crippen molar-refractivity contribution in [2.75, 3.05) is 6.54 Å². The maximum Gasteiger partial charge on any atom is 0.330 e. The van der Waals surface area contributed by atoms with Gasteiger partial charge in [-0.25, -0.2) is 4.79 Å². The van der Waals surface area contributed by atoms with Crippen LogP contribution in [0.3, 0.4) is 0 Å². The molecule has 2 rings (SSSR count). The molecule has 2 fully saturated rings. The Kier molecular flexibility index (Phi) is 3.45. The predicted octanol–water partition coefficient (Wildman–Crippen LogP) is 1.28. The molecule has 1 unspecified atom stereocenters. The highest BCUT2D eigenvalue weighted by molar-refractivity contribution is 6.16. The Morgan fingerprint density at radius 2 is 1.88 bits per heavy atom. The second-order valence-electron chi connectivity index (χ2n) is 4.81. The van der Waals surface area contributed by atoms with Gasteiger partial charge >= 0.3 is 6.03 Å². The number of barbiturate groups is 1. The number of hydrogen-bond donors (Lipinski definition) is 1. The van der Waals surface area contributed by atoms with Gasteiger partial charge in [0.25, 0.3) is 0 Å². The molecule has 1 atom stereocenters. The number of carbonyl (C=O) groups is 3. The summed E-state index contributed by atoms with van der Waals surface area (Å²) in [4.78, 5) is 36.7. The van der Waals surface area contributed by atoms with Crippen LogP contribution in [0.15, 0.2) is 0 Å². The topological polar surface area (TPSA) is 66.5 Å². The first-order chi connectivity index (χ1) is 8.15. The van der Waals surface area contributed by atoms with Crippen LogP contribution < -0.4 is 5.32 Å². The van der Waals surface area contributed by atoms with Gasteiger partial charge in [0.2, 0.25) is 11.8 Å². The zero-order chi connectivity index (χ0) is 12.4. The summed E-state index contributed by atoms with van der Waals surface area (Å²) in [6.45, 7) is 2.29. The highest BCUT2D eigenvalue weighted by Crippen LogP contribution is 2.33. The second kappa shape index (κ2) is 4.85. The van der Waals surface area contributed by atoms with Gasteiger partial charge in [0.05, 0.1) is 0 Å². The maximum atomic E-state index is 12.2. The van der Waals surface area contributed by atoms with E-state index < -0.39 is 17.9 Å². The van der Waals surface area contributed by atoms with Gasteiger partial charge in [-0.2, -0.15) is 0 Å². The Hall–Kier alpha value is -1.39. The molecule has 0 bridgehead atoms. The number of hydrogen-bond acceptors (Lipinski definition) is 3. The molecule has 0 radical (unpaired) electrons. The van der Waals surface area contributed by atoms with E-state index in [-0.39, 0.29) is 11.8 Å². The van der Waals surface area contributed by atoms with Crippen LogP contribution in [0.25, 0.3) is 0 Å². The molecule has 17 heavy (non-hydrogen) atoms. The van der Waals surface area contributed by atoms with Crippen LogP contribution in [-0.4, -0.2) is 29.3 Å². The fourth-order valence-electron chi connectivity index (χ4n) is 2.77. The van der Waals surface area contributed by atoms with Crippen molar-refractivity contribution < 1.29 is 14.4 Å². The van der Waals surface area contributed by atoms with Gasteiger partial charge < -0.3 is 0 Å². The van der Waals surface area contributed by atoms with Crippen molar-refractivity contribution in [1.29, 1.82) is 0 Å². The molecule has 0 aromatic rings. The van der Waals surface area contributed by atoms with Gasteiger partial charge in [-0.15, -0.1) is 0 Å². The minimum absolute atomic E-state index is 0.120. The molecule has 5 nitrogen and oxygen atoms in total. The van der Waals surface area contributed by atoms with E-state index in [0.717, 1.165) is 25.7 Å². The molecule has 1 aliphatic carbocycles. The van der Waals surface area contributed by atoms with Gasteiger partial charge in [-0.05, 0) is 25.2 Å². The van der Waals surface area contributed by atoms with Crippen LogP contribution in [-0.2, 0) is 9.59 Å². The average Bonchev–Trinajstić information content (AvgIpc) is 2.77. The smallest absolute Gasteiger partial charge is 0.277 e. The Morgan fingerprint density at radius 1 is 1.24 bits per heavy atom. The van der Waals surface area contributed by atoms with Crippen LogP contribution in [0, 0.1) is 11.8 Å². The zero-order valence-electron chi connectivity index (χ0n) is 10.1. The van der Waals surface area contributed by atoms with Crippen molar-refractivity contribution >= 4 is 17.8 Å². The number of rotatable bonds is 3. The molecule has 4 amide bonds. The van der Waals surface area contributed by atoms with Gasteiger partial charge in [-0.1, -0.05) is 19.8 Å². The Balaban J connectivity index is 2.16. The monoisotopic (exact) mass is 238 g/mol. The molecular formula is C12H18N2O3. The molecule has 2 aliphatic rings. The van der Waals surface area contributed by atoms with Crippen LogP contribution >= 0.6 is 0 Å². The Morgan fingerprint density at radius 3 is 2.47 bits per heavy atom. The summed E-state index contributed by atoms with van der Waals surface area (Å²) in [5.41, 5.74) is 0. The summed E-state index contributed by atoms with van der Waals surface area (Å²) in [5, 5.41) is 2.30. The lowest BCUT2D eigenvalue weighted by Crippen LogP contribution is -2.59. The van der Waals surface area contributed by atoms with E-state index in [2.05, 4.69) is 5.32 Å². The number of amides is 4. The third kappa shape index (κ3) is 2.18. The number of nitrogens with zero attached hydrogens (tertiary/aromatic N) is 1. The van der Waals surface area contributed by atoms with Crippen molar-refractivity contribution in [3.8, 4) is 0 Å². The number of urea groups is 1. The molecule has 1 aliphatic heterocycles. The van der Waals surface area contributed by atoms with Crippen molar-refractivity contribution in [1.82, 2.24) is 10.2 Å². The first-order valence-electron chi connectivity index (χ1n) is 6.31. The van der Waals surface area contributed by atoms with Crippen LogP contribution in [0.1, 0.15) is 39.0 Å². The molecule has 1 heterocycles. The maximum absolute atomic E-state index is 12.2. The molecule has 0 aromatic heterocycles. The summed E-state index contributed by atoms with van der Waals surface area (Å²) in [7, 11) is 0. The van der Waals surface area contributed by atoms with E-state index in [4.69, 9.17) is 0 Å². The van der Waals surface area contributed by atoms with Gasteiger partial charge in [0, 0.05) is 6.54 Å². The van der Waals surface area contributed by atoms with Gasteiger partial charge in [0.1, 0.15) is 5.92 Å². The quantitative estimate of drug-likeness (QED) is 0.753. The first-order valence-corrected chi connectivity index (χ1v) is 6.31. The van der Waals surface area contributed by atoms with E-state index >= 15 is 0 Å². The molecule has 1 saturated carbocycles. The lowest BCUT2D eigenvalue weighted by Gasteiger charge is -2.32. The lowest BCUT2D eigenvalue weighted by atomic mass is 9.87. The molecule has 1 saturated heterocycles. The van der Waals surface area contributed by atoms with Crippen LogP contribution in [0.2, 0.25) is 0 Å². The summed E-state index contributed by atoms with van der Waals surface area (Å²) in [5.74, 6) is -1.22. The van der Waals surface area contributed by atoms with Crippen molar-refractivity contribution in [3.05, 3.63) is 0 Å². The van der Waals surface area contributed by atoms with E-state index in [1.165, 1.54) is 4.90 Å². The highest BCUT2D eigenvalue weighted by atomic mass is 16.2. The minimum atomic E-state index is -0.637. The second-order valence-corrected chi connectivity index (χ2v) is 4.81. The third-order valence-corrected chi connectivity index (χ3v) is 3.61. The Bertz CT molecular complexity index is 348. The SMILES string of the molecule is CCCN1C(=O)NC(=O)C(C2CCCC2)C1=O. The average molecular weight is 238 g/mol. The standard InChI is InChI=1S/C12H18N2O3/c1-2-7-14-11(16)9(8-5-3-4-6-8)10(15)13-12(14)17/h8-9H,2-7H2,1H3,(H,13,15,17).